The van der Waals surface area contributed by atoms with E-state index >= 15 is 0 Å². The summed E-state index contributed by atoms with van der Waals surface area (Å²) in [4.78, 5) is 39.8. The van der Waals surface area contributed by atoms with E-state index in [9.17, 15) is 14.4 Å². The highest BCUT2D eigenvalue weighted by atomic mass is 16.5. The van der Waals surface area contributed by atoms with Gasteiger partial charge < -0.3 is 19.6 Å². The van der Waals surface area contributed by atoms with Gasteiger partial charge in [0.25, 0.3) is 11.8 Å². The normalized spacial score (nSPS) is 13.9. The van der Waals surface area contributed by atoms with Gasteiger partial charge in [0.1, 0.15) is 5.75 Å². The first kappa shape index (κ1) is 19.4. The van der Waals surface area contributed by atoms with E-state index in [0.29, 0.717) is 49.7 Å². The Balaban J connectivity index is 1.63. The lowest BCUT2D eigenvalue weighted by Gasteiger charge is -2.35. The van der Waals surface area contributed by atoms with Crippen molar-refractivity contribution in [2.24, 2.45) is 0 Å². The molecule has 2 aromatic carbocycles. The number of rotatable bonds is 5. The molecule has 2 aromatic rings. The molecule has 1 saturated heterocycles. The van der Waals surface area contributed by atoms with Crippen molar-refractivity contribution in [3.63, 3.8) is 0 Å². The zero-order valence-corrected chi connectivity index (χ0v) is 15.6. The molecule has 146 valence electrons. The van der Waals surface area contributed by atoms with E-state index in [1.54, 1.807) is 28.0 Å². The number of carbonyl (C=O) groups excluding carboxylic acids is 2. The average Bonchev–Trinajstić information content (AvgIpc) is 2.73. The molecule has 0 spiro atoms. The molecule has 0 atom stereocenters. The highest BCUT2D eigenvalue weighted by Crippen LogP contribution is 2.21. The average molecular weight is 382 g/mol. The lowest BCUT2D eigenvalue weighted by molar-refractivity contribution is 0.0533. The molecular weight excluding hydrogens is 360 g/mol. The molecule has 1 aliphatic heterocycles. The predicted octanol–water partition coefficient (Wildman–Crippen LogP) is 2.38. The van der Waals surface area contributed by atoms with Gasteiger partial charge in [-0.05, 0) is 43.3 Å². The number of ether oxygens (including phenoxy) is 1. The first-order chi connectivity index (χ1) is 13.5. The second-order valence-corrected chi connectivity index (χ2v) is 6.40. The minimum absolute atomic E-state index is 0.109. The predicted molar refractivity (Wildman–Crippen MR) is 103 cm³/mol. The number of para-hydroxylation sites is 1. The van der Waals surface area contributed by atoms with Crippen molar-refractivity contribution < 1.29 is 24.2 Å². The highest BCUT2D eigenvalue weighted by Gasteiger charge is 2.27. The van der Waals surface area contributed by atoms with Gasteiger partial charge in [0.2, 0.25) is 0 Å². The van der Waals surface area contributed by atoms with Crippen LogP contribution in [0.4, 0.5) is 0 Å². The van der Waals surface area contributed by atoms with Gasteiger partial charge in [-0.2, -0.15) is 0 Å². The molecular formula is C21H22N2O5. The Labute approximate surface area is 163 Å². The number of nitrogens with zero attached hydrogens (tertiary/aromatic N) is 2. The van der Waals surface area contributed by atoms with Crippen LogP contribution in [0.25, 0.3) is 0 Å². The Morgan fingerprint density at radius 1 is 0.857 bits per heavy atom. The van der Waals surface area contributed by atoms with Crippen LogP contribution in [0.5, 0.6) is 5.75 Å². The van der Waals surface area contributed by atoms with E-state index < -0.39 is 5.97 Å². The molecule has 1 N–H and O–H groups in total. The minimum atomic E-state index is -1.03. The zero-order chi connectivity index (χ0) is 20.1. The maximum atomic E-state index is 12.8. The Hall–Kier alpha value is -3.35. The smallest absolute Gasteiger partial charge is 0.335 e. The first-order valence-electron chi connectivity index (χ1n) is 9.15. The SMILES string of the molecule is CCOc1ccccc1C(=O)N1CCN(C(=O)c2ccc(C(=O)O)cc2)CC1. The highest BCUT2D eigenvalue weighted by molar-refractivity contribution is 5.98. The number of amides is 2. The van der Waals surface area contributed by atoms with Gasteiger partial charge >= 0.3 is 5.97 Å². The molecule has 0 radical (unpaired) electrons. The molecule has 0 bridgehead atoms. The van der Waals surface area contributed by atoms with Crippen LogP contribution in [0.1, 0.15) is 38.0 Å². The lowest BCUT2D eigenvalue weighted by atomic mass is 10.1. The van der Waals surface area contributed by atoms with Crippen LogP contribution in [0, 0.1) is 0 Å². The molecule has 7 heteroatoms. The van der Waals surface area contributed by atoms with E-state index in [1.165, 1.54) is 24.3 Å². The van der Waals surface area contributed by atoms with E-state index in [2.05, 4.69) is 0 Å². The van der Waals surface area contributed by atoms with Crippen LogP contribution in [0.3, 0.4) is 0 Å². The van der Waals surface area contributed by atoms with Gasteiger partial charge in [-0.15, -0.1) is 0 Å². The summed E-state index contributed by atoms with van der Waals surface area (Å²) in [6.07, 6.45) is 0. The van der Waals surface area contributed by atoms with Crippen LogP contribution in [0.15, 0.2) is 48.5 Å². The zero-order valence-electron chi connectivity index (χ0n) is 15.6. The molecule has 0 aliphatic carbocycles. The van der Waals surface area contributed by atoms with Crippen LogP contribution in [-0.2, 0) is 0 Å². The summed E-state index contributed by atoms with van der Waals surface area (Å²) in [7, 11) is 0. The van der Waals surface area contributed by atoms with Crippen LogP contribution < -0.4 is 4.74 Å². The molecule has 1 aliphatic rings. The van der Waals surface area contributed by atoms with Crippen molar-refractivity contribution in [3.8, 4) is 5.75 Å². The van der Waals surface area contributed by atoms with Crippen LogP contribution in [-0.4, -0.2) is 65.5 Å². The van der Waals surface area contributed by atoms with Crippen molar-refractivity contribution >= 4 is 17.8 Å². The molecule has 0 unspecified atom stereocenters. The third-order valence-electron chi connectivity index (χ3n) is 4.65. The summed E-state index contributed by atoms with van der Waals surface area (Å²) in [5.74, 6) is -0.744. The van der Waals surface area contributed by atoms with E-state index in [0.717, 1.165) is 0 Å². The number of carboxylic acid groups (broad SMARTS) is 1. The van der Waals surface area contributed by atoms with Crippen LogP contribution >= 0.6 is 0 Å². The number of carboxylic acids is 1. The quantitative estimate of drug-likeness (QED) is 0.858. The summed E-state index contributed by atoms with van der Waals surface area (Å²) in [5.41, 5.74) is 1.10. The van der Waals surface area contributed by atoms with Gasteiger partial charge in [-0.1, -0.05) is 12.1 Å². The van der Waals surface area contributed by atoms with E-state index in [4.69, 9.17) is 9.84 Å². The third kappa shape index (κ3) is 4.14. The minimum Gasteiger partial charge on any atom is -0.493 e. The van der Waals surface area contributed by atoms with Crippen molar-refractivity contribution in [3.05, 3.63) is 65.2 Å². The Morgan fingerprint density at radius 3 is 1.96 bits per heavy atom. The van der Waals surface area contributed by atoms with Crippen LogP contribution in [0.2, 0.25) is 0 Å². The number of hydrogen-bond acceptors (Lipinski definition) is 4. The Bertz CT molecular complexity index is 871. The Morgan fingerprint density at radius 2 is 1.39 bits per heavy atom. The van der Waals surface area contributed by atoms with Gasteiger partial charge in [0, 0.05) is 31.7 Å². The summed E-state index contributed by atoms with van der Waals surface area (Å²) in [6.45, 7) is 4.04. The molecule has 7 nitrogen and oxygen atoms in total. The maximum absolute atomic E-state index is 12.8. The summed E-state index contributed by atoms with van der Waals surface area (Å²) >= 11 is 0. The van der Waals surface area contributed by atoms with E-state index in [1.807, 2.05) is 13.0 Å². The number of benzene rings is 2. The molecule has 0 saturated carbocycles. The molecule has 0 aromatic heterocycles. The van der Waals surface area contributed by atoms with Gasteiger partial charge in [0.05, 0.1) is 17.7 Å². The third-order valence-corrected chi connectivity index (χ3v) is 4.65. The summed E-state index contributed by atoms with van der Waals surface area (Å²) in [6, 6.07) is 13.0. The summed E-state index contributed by atoms with van der Waals surface area (Å²) in [5, 5.41) is 8.95. The fourth-order valence-electron chi connectivity index (χ4n) is 3.15. The van der Waals surface area contributed by atoms with Crippen molar-refractivity contribution in [2.45, 2.75) is 6.92 Å². The van der Waals surface area contributed by atoms with Gasteiger partial charge in [-0.3, -0.25) is 9.59 Å². The monoisotopic (exact) mass is 382 g/mol. The first-order valence-corrected chi connectivity index (χ1v) is 9.15. The van der Waals surface area contributed by atoms with Crippen molar-refractivity contribution in [1.29, 1.82) is 0 Å². The fourth-order valence-corrected chi connectivity index (χ4v) is 3.15. The molecule has 28 heavy (non-hydrogen) atoms. The lowest BCUT2D eigenvalue weighted by Crippen LogP contribution is -2.50. The number of hydrogen-bond donors (Lipinski definition) is 1. The van der Waals surface area contributed by atoms with Crippen molar-refractivity contribution in [2.75, 3.05) is 32.8 Å². The topological polar surface area (TPSA) is 87.2 Å². The summed E-state index contributed by atoms with van der Waals surface area (Å²) < 4.78 is 5.54. The van der Waals surface area contributed by atoms with E-state index in [-0.39, 0.29) is 17.4 Å². The second-order valence-electron chi connectivity index (χ2n) is 6.40. The molecule has 2 amide bonds. The maximum Gasteiger partial charge on any atom is 0.335 e. The standard InChI is InChI=1S/C21H22N2O5/c1-2-28-18-6-4-3-5-17(18)20(25)23-13-11-22(12-14-23)19(24)15-7-9-16(10-8-15)21(26)27/h3-10H,2,11-14H2,1H3,(H,26,27). The number of piperazine rings is 1. The number of aromatic carboxylic acids is 1. The molecule has 1 heterocycles. The number of carbonyl (C=O) groups is 3. The molecule has 1 fully saturated rings. The van der Waals surface area contributed by atoms with Gasteiger partial charge in [0.15, 0.2) is 0 Å². The second kappa shape index (κ2) is 8.56. The van der Waals surface area contributed by atoms with Gasteiger partial charge in [-0.25, -0.2) is 4.79 Å². The molecule has 3 rings (SSSR count). The fraction of sp³-hybridized carbons (Fsp3) is 0.286. The Kier molecular flexibility index (Phi) is 5.93. The largest absolute Gasteiger partial charge is 0.493 e. The van der Waals surface area contributed by atoms with Crippen molar-refractivity contribution in [1.82, 2.24) is 9.80 Å².